The third kappa shape index (κ3) is 5.00. The Labute approximate surface area is 186 Å². The van der Waals surface area contributed by atoms with Gasteiger partial charge in [0.2, 0.25) is 0 Å². The summed E-state index contributed by atoms with van der Waals surface area (Å²) < 4.78 is 39.1. The predicted octanol–water partition coefficient (Wildman–Crippen LogP) is 4.90. The number of nitrogens with one attached hydrogen (secondary N) is 1. The number of carbonyl (C=O) groups is 1. The molecular weight excluding hydrogens is 437 g/mol. The Bertz CT molecular complexity index is 1240. The number of non-ortho nitro benzene ring substituents is 1. The van der Waals surface area contributed by atoms with Gasteiger partial charge >= 0.3 is 6.18 Å². The largest absolute Gasteiger partial charge is 0.416 e. The summed E-state index contributed by atoms with van der Waals surface area (Å²) in [4.78, 5) is 24.4. The Morgan fingerprint density at radius 3 is 2.45 bits per heavy atom. The zero-order valence-corrected chi connectivity index (χ0v) is 17.0. The van der Waals surface area contributed by atoms with E-state index >= 15 is 0 Å². The van der Waals surface area contributed by atoms with E-state index in [9.17, 15) is 28.1 Å². The second kappa shape index (κ2) is 8.73. The van der Waals surface area contributed by atoms with Gasteiger partial charge in [0.25, 0.3) is 11.6 Å². The van der Waals surface area contributed by atoms with E-state index in [0.29, 0.717) is 29.9 Å². The number of hydrogen-bond acceptors (Lipinski definition) is 5. The van der Waals surface area contributed by atoms with Crippen molar-refractivity contribution in [2.24, 2.45) is 5.10 Å². The van der Waals surface area contributed by atoms with Crippen LogP contribution in [0.2, 0.25) is 0 Å². The molecule has 0 aliphatic carbocycles. The van der Waals surface area contributed by atoms with Crippen LogP contribution in [0.3, 0.4) is 0 Å². The standard InChI is InChI=1S/C23H17F3N4O3/c24-23(25,26)19-2-1-3-21(11-19)29-13-17-7-6-16(10-18(17)14-29)22(31)28-27-12-15-4-8-20(9-5-15)30(32)33/h1-12H,13-14H2,(H,28,31)/b27-12-. The number of anilines is 1. The van der Waals surface area contributed by atoms with Crippen molar-refractivity contribution in [2.75, 3.05) is 4.90 Å². The van der Waals surface area contributed by atoms with Crippen LogP contribution in [0.1, 0.15) is 32.6 Å². The number of fused-ring (bicyclic) bond motifs is 1. The van der Waals surface area contributed by atoms with Gasteiger partial charge in [0, 0.05) is 36.5 Å². The van der Waals surface area contributed by atoms with Crippen LogP contribution in [0.15, 0.2) is 71.8 Å². The molecule has 7 nitrogen and oxygen atoms in total. The molecule has 0 saturated heterocycles. The lowest BCUT2D eigenvalue weighted by molar-refractivity contribution is -0.384. The number of amides is 1. The molecule has 0 fully saturated rings. The summed E-state index contributed by atoms with van der Waals surface area (Å²) in [5, 5.41) is 14.5. The topological polar surface area (TPSA) is 87.8 Å². The lowest BCUT2D eigenvalue weighted by atomic mass is 10.1. The quantitative estimate of drug-likeness (QED) is 0.338. The highest BCUT2D eigenvalue weighted by molar-refractivity contribution is 5.95. The van der Waals surface area contributed by atoms with Crippen molar-refractivity contribution in [1.29, 1.82) is 0 Å². The van der Waals surface area contributed by atoms with Crippen molar-refractivity contribution in [1.82, 2.24) is 5.43 Å². The molecule has 1 heterocycles. The van der Waals surface area contributed by atoms with E-state index in [2.05, 4.69) is 10.5 Å². The van der Waals surface area contributed by atoms with Crippen LogP contribution in [0.25, 0.3) is 0 Å². The maximum Gasteiger partial charge on any atom is 0.416 e. The first-order valence-electron chi connectivity index (χ1n) is 9.82. The minimum atomic E-state index is -4.41. The number of nitro groups is 1. The molecule has 0 bridgehead atoms. The lowest BCUT2D eigenvalue weighted by Gasteiger charge is -2.19. The van der Waals surface area contributed by atoms with Gasteiger partial charge in [-0.05, 0) is 59.2 Å². The van der Waals surface area contributed by atoms with Crippen LogP contribution in [-0.2, 0) is 19.3 Å². The Kier molecular flexibility index (Phi) is 5.82. The molecule has 168 valence electrons. The van der Waals surface area contributed by atoms with Gasteiger partial charge < -0.3 is 4.90 Å². The Balaban J connectivity index is 1.42. The van der Waals surface area contributed by atoms with Gasteiger partial charge in [-0.15, -0.1) is 0 Å². The molecule has 0 aromatic heterocycles. The number of nitro benzene ring substituents is 1. The first-order chi connectivity index (χ1) is 15.7. The number of hydrogen-bond donors (Lipinski definition) is 1. The van der Waals surface area contributed by atoms with Crippen LogP contribution in [-0.4, -0.2) is 17.0 Å². The summed E-state index contributed by atoms with van der Waals surface area (Å²) in [5.41, 5.74) is 4.82. The normalized spacial score (nSPS) is 13.2. The second-order valence-electron chi connectivity index (χ2n) is 7.44. The number of nitrogens with zero attached hydrogens (tertiary/aromatic N) is 3. The molecule has 1 N–H and O–H groups in total. The van der Waals surface area contributed by atoms with E-state index < -0.39 is 22.6 Å². The highest BCUT2D eigenvalue weighted by Gasteiger charge is 2.31. The van der Waals surface area contributed by atoms with Crippen LogP contribution in [0, 0.1) is 10.1 Å². The summed E-state index contributed by atoms with van der Waals surface area (Å²) in [6.45, 7) is 0.820. The first kappa shape index (κ1) is 22.0. The van der Waals surface area contributed by atoms with Crippen molar-refractivity contribution >= 4 is 23.5 Å². The molecule has 1 amide bonds. The van der Waals surface area contributed by atoms with Crippen molar-refractivity contribution in [2.45, 2.75) is 19.3 Å². The monoisotopic (exact) mass is 454 g/mol. The number of benzene rings is 3. The van der Waals surface area contributed by atoms with Gasteiger partial charge in [0.1, 0.15) is 0 Å². The van der Waals surface area contributed by atoms with E-state index in [1.165, 1.54) is 36.5 Å². The van der Waals surface area contributed by atoms with Crippen molar-refractivity contribution in [3.63, 3.8) is 0 Å². The van der Waals surface area contributed by atoms with E-state index in [-0.39, 0.29) is 5.69 Å². The van der Waals surface area contributed by atoms with Gasteiger partial charge in [-0.3, -0.25) is 14.9 Å². The lowest BCUT2D eigenvalue weighted by Crippen LogP contribution is -2.18. The van der Waals surface area contributed by atoms with Crippen LogP contribution >= 0.6 is 0 Å². The molecule has 33 heavy (non-hydrogen) atoms. The summed E-state index contributed by atoms with van der Waals surface area (Å²) >= 11 is 0. The maximum absolute atomic E-state index is 13.0. The maximum atomic E-state index is 13.0. The van der Waals surface area contributed by atoms with Crippen LogP contribution in [0.4, 0.5) is 24.5 Å². The number of rotatable bonds is 5. The van der Waals surface area contributed by atoms with Crippen molar-refractivity contribution < 1.29 is 22.9 Å². The van der Waals surface area contributed by atoms with Crippen molar-refractivity contribution in [3.8, 4) is 0 Å². The molecule has 3 aromatic carbocycles. The minimum Gasteiger partial charge on any atom is -0.363 e. The Hall–Kier alpha value is -4.21. The third-order valence-corrected chi connectivity index (χ3v) is 5.21. The summed E-state index contributed by atoms with van der Waals surface area (Å²) in [7, 11) is 0. The second-order valence-corrected chi connectivity index (χ2v) is 7.44. The fraction of sp³-hybridized carbons (Fsp3) is 0.130. The fourth-order valence-corrected chi connectivity index (χ4v) is 3.51. The fourth-order valence-electron chi connectivity index (χ4n) is 3.51. The van der Waals surface area contributed by atoms with Crippen LogP contribution < -0.4 is 10.3 Å². The van der Waals surface area contributed by atoms with Gasteiger partial charge in [-0.2, -0.15) is 18.3 Å². The van der Waals surface area contributed by atoms with E-state index in [4.69, 9.17) is 0 Å². The highest BCUT2D eigenvalue weighted by Crippen LogP contribution is 2.34. The van der Waals surface area contributed by atoms with Gasteiger partial charge in [-0.1, -0.05) is 12.1 Å². The molecule has 0 saturated carbocycles. The zero-order chi connectivity index (χ0) is 23.6. The number of alkyl halides is 3. The molecule has 3 aromatic rings. The molecule has 10 heteroatoms. The SMILES string of the molecule is O=C(N/N=C\c1ccc([N+](=O)[O-])cc1)c1ccc2c(c1)CN(c1cccc(C(F)(F)F)c1)C2. The van der Waals surface area contributed by atoms with E-state index in [1.807, 2.05) is 4.90 Å². The zero-order valence-electron chi connectivity index (χ0n) is 17.0. The van der Waals surface area contributed by atoms with E-state index in [0.717, 1.165) is 23.3 Å². The highest BCUT2D eigenvalue weighted by atomic mass is 19.4. The van der Waals surface area contributed by atoms with Gasteiger partial charge in [0.15, 0.2) is 0 Å². The Morgan fingerprint density at radius 2 is 1.76 bits per heavy atom. The number of carbonyl (C=O) groups excluding carboxylic acids is 1. The first-order valence-corrected chi connectivity index (χ1v) is 9.82. The van der Waals surface area contributed by atoms with Gasteiger partial charge in [0.05, 0.1) is 16.7 Å². The summed E-state index contributed by atoms with van der Waals surface area (Å²) in [6, 6.07) is 15.9. The molecule has 0 unspecified atom stereocenters. The Morgan fingerprint density at radius 1 is 1.03 bits per heavy atom. The summed E-state index contributed by atoms with van der Waals surface area (Å²) in [6.07, 6.45) is -3.05. The smallest absolute Gasteiger partial charge is 0.363 e. The molecule has 0 radical (unpaired) electrons. The molecule has 0 spiro atoms. The van der Waals surface area contributed by atoms with Gasteiger partial charge in [-0.25, -0.2) is 5.43 Å². The predicted molar refractivity (Wildman–Crippen MR) is 116 cm³/mol. The average Bonchev–Trinajstić information content (AvgIpc) is 3.22. The number of halogens is 3. The molecule has 4 rings (SSSR count). The third-order valence-electron chi connectivity index (χ3n) is 5.21. The summed E-state index contributed by atoms with van der Waals surface area (Å²) in [5.74, 6) is -0.450. The molecule has 1 aliphatic heterocycles. The van der Waals surface area contributed by atoms with Crippen LogP contribution in [0.5, 0.6) is 0 Å². The number of hydrazone groups is 1. The molecule has 1 aliphatic rings. The molecule has 0 atom stereocenters. The van der Waals surface area contributed by atoms with E-state index in [1.54, 1.807) is 24.3 Å². The minimum absolute atomic E-state index is 0.0477. The average molecular weight is 454 g/mol. The molecular formula is C23H17F3N4O3. The van der Waals surface area contributed by atoms with Crippen molar-refractivity contribution in [3.05, 3.63) is 105 Å².